The van der Waals surface area contributed by atoms with Crippen molar-refractivity contribution in [2.24, 2.45) is 5.41 Å². The van der Waals surface area contributed by atoms with Gasteiger partial charge in [0.2, 0.25) is 0 Å². The first-order chi connectivity index (χ1) is 7.70. The quantitative estimate of drug-likeness (QED) is 0.828. The minimum atomic E-state index is -0.118. The predicted octanol–water partition coefficient (Wildman–Crippen LogP) is 1.99. The van der Waals surface area contributed by atoms with Gasteiger partial charge in [-0.05, 0) is 18.1 Å². The summed E-state index contributed by atoms with van der Waals surface area (Å²) in [5, 5.41) is 3.33. The van der Waals surface area contributed by atoms with Crippen molar-refractivity contribution < 1.29 is 9.13 Å². The van der Waals surface area contributed by atoms with E-state index in [1.807, 2.05) is 12.1 Å². The zero-order chi connectivity index (χ0) is 11.4. The number of rotatable bonds is 2. The Labute approximate surface area is 95.8 Å². The van der Waals surface area contributed by atoms with E-state index in [0.717, 1.165) is 25.3 Å². The van der Waals surface area contributed by atoms with Crippen molar-refractivity contribution in [3.63, 3.8) is 0 Å². The van der Waals surface area contributed by atoms with Gasteiger partial charge < -0.3 is 10.1 Å². The summed E-state index contributed by atoms with van der Waals surface area (Å²) in [6.45, 7) is 5.33. The summed E-state index contributed by atoms with van der Waals surface area (Å²) in [4.78, 5) is 0. The minimum absolute atomic E-state index is 0.0152. The lowest BCUT2D eigenvalue weighted by atomic mass is 9.84. The lowest BCUT2D eigenvalue weighted by Gasteiger charge is -2.27. The number of benzene rings is 1. The average molecular weight is 223 g/mol. The Hall–Kier alpha value is -0.930. The number of ether oxygens (including phenoxy) is 1. The van der Waals surface area contributed by atoms with Crippen LogP contribution in [0.4, 0.5) is 4.39 Å². The third-order valence-electron chi connectivity index (χ3n) is 3.00. The second-order valence-electron chi connectivity index (χ2n) is 4.81. The molecule has 16 heavy (non-hydrogen) atoms. The SMILES string of the molecule is CC1(Cc2ccccc2F)CNCCOC1. The second-order valence-corrected chi connectivity index (χ2v) is 4.81. The summed E-state index contributed by atoms with van der Waals surface area (Å²) >= 11 is 0. The molecule has 1 atom stereocenters. The van der Waals surface area contributed by atoms with Gasteiger partial charge in [0.15, 0.2) is 0 Å². The largest absolute Gasteiger partial charge is 0.380 e. The van der Waals surface area contributed by atoms with E-state index in [1.165, 1.54) is 6.07 Å². The number of halogens is 1. The molecule has 0 amide bonds. The highest BCUT2D eigenvalue weighted by Crippen LogP contribution is 2.24. The molecule has 1 fully saturated rings. The number of hydrogen-bond acceptors (Lipinski definition) is 2. The minimum Gasteiger partial charge on any atom is -0.380 e. The van der Waals surface area contributed by atoms with Gasteiger partial charge in [0.1, 0.15) is 5.82 Å². The number of hydrogen-bond donors (Lipinski definition) is 1. The molecule has 1 aliphatic heterocycles. The first-order valence-corrected chi connectivity index (χ1v) is 5.72. The Balaban J connectivity index is 2.10. The molecule has 0 aromatic heterocycles. The summed E-state index contributed by atoms with van der Waals surface area (Å²) in [7, 11) is 0. The van der Waals surface area contributed by atoms with Crippen molar-refractivity contribution >= 4 is 0 Å². The second kappa shape index (κ2) is 4.93. The standard InChI is InChI=1S/C13H18FNO/c1-13(9-15-6-7-16-10-13)8-11-4-2-3-5-12(11)14/h2-5,15H,6-10H2,1H3. The molecular weight excluding hydrogens is 205 g/mol. The molecule has 1 N–H and O–H groups in total. The molecule has 88 valence electrons. The van der Waals surface area contributed by atoms with Crippen LogP contribution in [0.2, 0.25) is 0 Å². The smallest absolute Gasteiger partial charge is 0.126 e. The van der Waals surface area contributed by atoms with Crippen molar-refractivity contribution in [3.05, 3.63) is 35.6 Å². The zero-order valence-corrected chi connectivity index (χ0v) is 9.63. The molecule has 2 rings (SSSR count). The van der Waals surface area contributed by atoms with Crippen LogP contribution in [0.3, 0.4) is 0 Å². The summed E-state index contributed by atoms with van der Waals surface area (Å²) in [6.07, 6.45) is 0.715. The van der Waals surface area contributed by atoms with Gasteiger partial charge in [-0.2, -0.15) is 0 Å². The fraction of sp³-hybridized carbons (Fsp3) is 0.538. The normalized spacial score (nSPS) is 26.4. The highest BCUT2D eigenvalue weighted by atomic mass is 19.1. The van der Waals surface area contributed by atoms with E-state index in [2.05, 4.69) is 12.2 Å². The van der Waals surface area contributed by atoms with Crippen molar-refractivity contribution in [1.29, 1.82) is 0 Å². The Morgan fingerprint density at radius 1 is 1.44 bits per heavy atom. The van der Waals surface area contributed by atoms with Crippen molar-refractivity contribution in [3.8, 4) is 0 Å². The molecule has 0 saturated carbocycles. The van der Waals surface area contributed by atoms with Crippen LogP contribution in [0.5, 0.6) is 0 Å². The molecule has 1 saturated heterocycles. The van der Waals surface area contributed by atoms with Gasteiger partial charge in [0.25, 0.3) is 0 Å². The molecule has 1 heterocycles. The molecule has 0 aliphatic carbocycles. The van der Waals surface area contributed by atoms with Gasteiger partial charge in [-0.25, -0.2) is 4.39 Å². The average Bonchev–Trinajstić information content (AvgIpc) is 2.47. The predicted molar refractivity (Wildman–Crippen MR) is 61.9 cm³/mol. The third-order valence-corrected chi connectivity index (χ3v) is 3.00. The molecule has 1 aromatic rings. The van der Waals surface area contributed by atoms with Crippen molar-refractivity contribution in [2.75, 3.05) is 26.3 Å². The number of nitrogens with one attached hydrogen (secondary N) is 1. The van der Waals surface area contributed by atoms with Crippen LogP contribution in [0.25, 0.3) is 0 Å². The molecule has 1 aliphatic rings. The van der Waals surface area contributed by atoms with E-state index in [4.69, 9.17) is 4.74 Å². The van der Waals surface area contributed by atoms with E-state index in [0.29, 0.717) is 13.0 Å². The first kappa shape index (κ1) is 11.6. The fourth-order valence-corrected chi connectivity index (χ4v) is 2.12. The van der Waals surface area contributed by atoms with Gasteiger partial charge in [-0.3, -0.25) is 0 Å². The molecule has 0 radical (unpaired) electrons. The highest BCUT2D eigenvalue weighted by molar-refractivity contribution is 5.19. The van der Waals surface area contributed by atoms with Crippen LogP contribution >= 0.6 is 0 Å². The monoisotopic (exact) mass is 223 g/mol. The third kappa shape index (κ3) is 2.80. The van der Waals surface area contributed by atoms with Crippen LogP contribution in [0.15, 0.2) is 24.3 Å². The van der Waals surface area contributed by atoms with Crippen LogP contribution in [0, 0.1) is 11.2 Å². The molecule has 1 unspecified atom stereocenters. The van der Waals surface area contributed by atoms with Crippen LogP contribution in [-0.4, -0.2) is 26.3 Å². The molecule has 3 heteroatoms. The zero-order valence-electron chi connectivity index (χ0n) is 9.63. The summed E-state index contributed by atoms with van der Waals surface area (Å²) < 4.78 is 19.1. The van der Waals surface area contributed by atoms with Crippen LogP contribution in [0.1, 0.15) is 12.5 Å². The van der Waals surface area contributed by atoms with E-state index in [-0.39, 0.29) is 11.2 Å². The molecule has 0 bridgehead atoms. The Morgan fingerprint density at radius 3 is 3.06 bits per heavy atom. The lowest BCUT2D eigenvalue weighted by molar-refractivity contribution is 0.0791. The van der Waals surface area contributed by atoms with E-state index >= 15 is 0 Å². The van der Waals surface area contributed by atoms with E-state index in [1.54, 1.807) is 6.07 Å². The van der Waals surface area contributed by atoms with Gasteiger partial charge in [-0.1, -0.05) is 25.1 Å². The molecular formula is C13H18FNO. The highest BCUT2D eigenvalue weighted by Gasteiger charge is 2.27. The van der Waals surface area contributed by atoms with Gasteiger partial charge in [0, 0.05) is 18.5 Å². The first-order valence-electron chi connectivity index (χ1n) is 5.72. The van der Waals surface area contributed by atoms with Gasteiger partial charge in [-0.15, -0.1) is 0 Å². The van der Waals surface area contributed by atoms with Gasteiger partial charge in [0.05, 0.1) is 13.2 Å². The summed E-state index contributed by atoms with van der Waals surface area (Å²) in [5.41, 5.74) is 0.760. The maximum atomic E-state index is 13.6. The van der Waals surface area contributed by atoms with Crippen LogP contribution < -0.4 is 5.32 Å². The van der Waals surface area contributed by atoms with Crippen molar-refractivity contribution in [1.82, 2.24) is 5.32 Å². The summed E-state index contributed by atoms with van der Waals surface area (Å²) in [5.74, 6) is -0.118. The molecule has 1 aromatic carbocycles. The maximum Gasteiger partial charge on any atom is 0.126 e. The maximum absolute atomic E-state index is 13.6. The van der Waals surface area contributed by atoms with Gasteiger partial charge >= 0.3 is 0 Å². The van der Waals surface area contributed by atoms with E-state index < -0.39 is 0 Å². The summed E-state index contributed by atoms with van der Waals surface area (Å²) in [6, 6.07) is 6.98. The lowest BCUT2D eigenvalue weighted by Crippen LogP contribution is -2.34. The Bertz CT molecular complexity index is 346. The fourth-order valence-electron chi connectivity index (χ4n) is 2.12. The van der Waals surface area contributed by atoms with E-state index in [9.17, 15) is 4.39 Å². The molecule has 0 spiro atoms. The van der Waals surface area contributed by atoms with Crippen LogP contribution in [-0.2, 0) is 11.2 Å². The molecule has 2 nitrogen and oxygen atoms in total. The Morgan fingerprint density at radius 2 is 2.25 bits per heavy atom. The van der Waals surface area contributed by atoms with Crippen molar-refractivity contribution in [2.45, 2.75) is 13.3 Å². The topological polar surface area (TPSA) is 21.3 Å². The Kier molecular flexibility index (Phi) is 3.56.